The van der Waals surface area contributed by atoms with Crippen LogP contribution >= 0.6 is 0 Å². The first-order valence-electron chi connectivity index (χ1n) is 7.96. The van der Waals surface area contributed by atoms with Crippen LogP contribution in [0.25, 0.3) is 0 Å². The largest absolute Gasteiger partial charge is 0.495 e. The number of sulfonamides is 1. The highest BCUT2D eigenvalue weighted by Crippen LogP contribution is 2.38. The van der Waals surface area contributed by atoms with Crippen molar-refractivity contribution in [3.63, 3.8) is 0 Å². The number of anilines is 1. The van der Waals surface area contributed by atoms with E-state index in [0.717, 1.165) is 24.7 Å². The highest BCUT2D eigenvalue weighted by atomic mass is 32.2. The van der Waals surface area contributed by atoms with Crippen LogP contribution in [0, 0.1) is 12.8 Å². The van der Waals surface area contributed by atoms with Gasteiger partial charge in [0.1, 0.15) is 5.75 Å². The zero-order valence-electron chi connectivity index (χ0n) is 14.1. The highest BCUT2D eigenvalue weighted by Gasteiger charge is 2.47. The van der Waals surface area contributed by atoms with Crippen LogP contribution in [0.5, 0.6) is 5.75 Å². The summed E-state index contributed by atoms with van der Waals surface area (Å²) in [4.78, 5) is 14.4. The summed E-state index contributed by atoms with van der Waals surface area (Å²) < 4.78 is 31.0. The van der Waals surface area contributed by atoms with Crippen LogP contribution in [0.15, 0.2) is 18.2 Å². The zero-order chi connectivity index (χ0) is 17.5. The smallest absolute Gasteiger partial charge is 0.322 e. The van der Waals surface area contributed by atoms with Crippen LogP contribution in [0.2, 0.25) is 0 Å². The summed E-state index contributed by atoms with van der Waals surface area (Å²) in [5, 5.41) is 2.90. The van der Waals surface area contributed by atoms with E-state index in [4.69, 9.17) is 4.74 Å². The van der Waals surface area contributed by atoms with Gasteiger partial charge in [-0.05, 0) is 43.4 Å². The van der Waals surface area contributed by atoms with Gasteiger partial charge in [-0.1, -0.05) is 6.07 Å². The third kappa shape index (κ3) is 3.49. The third-order valence-electron chi connectivity index (χ3n) is 4.70. The molecule has 1 aliphatic carbocycles. The van der Waals surface area contributed by atoms with Crippen molar-refractivity contribution in [3.8, 4) is 5.75 Å². The fraction of sp³-hybridized carbons (Fsp3) is 0.562. The number of hydrogen-bond acceptors (Lipinski definition) is 4. The first-order chi connectivity index (χ1) is 11.3. The molecule has 0 radical (unpaired) electrons. The van der Waals surface area contributed by atoms with E-state index in [1.165, 1.54) is 0 Å². The van der Waals surface area contributed by atoms with E-state index in [0.29, 0.717) is 23.9 Å². The second-order valence-corrected chi connectivity index (χ2v) is 8.47. The maximum atomic E-state index is 12.7. The number of fused-ring (bicyclic) bond motifs is 2. The van der Waals surface area contributed by atoms with Gasteiger partial charge in [-0.3, -0.25) is 0 Å². The highest BCUT2D eigenvalue weighted by molar-refractivity contribution is 7.88. The minimum Gasteiger partial charge on any atom is -0.495 e. The molecule has 2 N–H and O–H groups in total. The molecule has 7 nitrogen and oxygen atoms in total. The Morgan fingerprint density at radius 3 is 2.71 bits per heavy atom. The van der Waals surface area contributed by atoms with Crippen LogP contribution in [0.1, 0.15) is 18.4 Å². The molecule has 2 aliphatic rings. The molecule has 132 valence electrons. The van der Waals surface area contributed by atoms with E-state index in [2.05, 4.69) is 10.0 Å². The van der Waals surface area contributed by atoms with Crippen LogP contribution in [0.3, 0.4) is 0 Å². The van der Waals surface area contributed by atoms with Crippen molar-refractivity contribution >= 4 is 21.7 Å². The van der Waals surface area contributed by atoms with Crippen LogP contribution in [-0.2, 0) is 10.0 Å². The van der Waals surface area contributed by atoms with Gasteiger partial charge in [0.05, 0.1) is 25.1 Å². The maximum absolute atomic E-state index is 12.7. The van der Waals surface area contributed by atoms with E-state index >= 15 is 0 Å². The normalized spacial score (nSPS) is 25.8. The molecule has 1 saturated heterocycles. The Labute approximate surface area is 142 Å². The van der Waals surface area contributed by atoms with Crippen molar-refractivity contribution in [2.75, 3.05) is 25.2 Å². The summed E-state index contributed by atoms with van der Waals surface area (Å²) >= 11 is 0. The predicted octanol–water partition coefficient (Wildman–Crippen LogP) is 1.55. The van der Waals surface area contributed by atoms with Crippen LogP contribution in [-0.4, -0.2) is 51.3 Å². The van der Waals surface area contributed by atoms with E-state index < -0.39 is 10.0 Å². The monoisotopic (exact) mass is 353 g/mol. The van der Waals surface area contributed by atoms with Crippen molar-refractivity contribution in [2.24, 2.45) is 5.92 Å². The molecule has 0 spiro atoms. The predicted molar refractivity (Wildman–Crippen MR) is 91.7 cm³/mol. The number of methoxy groups -OCH3 is 1. The molecule has 2 bridgehead atoms. The number of hydrogen-bond donors (Lipinski definition) is 2. The van der Waals surface area contributed by atoms with Crippen LogP contribution < -0.4 is 14.8 Å². The first kappa shape index (κ1) is 17.0. The van der Waals surface area contributed by atoms with Gasteiger partial charge in [-0.25, -0.2) is 17.9 Å². The molecule has 1 saturated carbocycles. The van der Waals surface area contributed by atoms with Gasteiger partial charge >= 0.3 is 6.03 Å². The van der Waals surface area contributed by atoms with Crippen molar-refractivity contribution in [1.82, 2.24) is 9.62 Å². The molecule has 1 aliphatic heterocycles. The number of nitrogens with one attached hydrogen (secondary N) is 2. The molecule has 2 amide bonds. The van der Waals surface area contributed by atoms with E-state index in [9.17, 15) is 13.2 Å². The van der Waals surface area contributed by atoms with E-state index in [-0.39, 0.29) is 18.1 Å². The van der Waals surface area contributed by atoms with Gasteiger partial charge < -0.3 is 15.0 Å². The molecule has 3 rings (SSSR count). The Hall–Kier alpha value is -1.80. The Bertz CT molecular complexity index is 750. The number of carbonyl (C=O) groups excluding carboxylic acids is 1. The lowest BCUT2D eigenvalue weighted by atomic mass is 10.1. The van der Waals surface area contributed by atoms with Crippen molar-refractivity contribution in [2.45, 2.75) is 31.8 Å². The lowest BCUT2D eigenvalue weighted by Gasteiger charge is -2.33. The van der Waals surface area contributed by atoms with Gasteiger partial charge in [-0.15, -0.1) is 0 Å². The molecule has 1 heterocycles. The summed E-state index contributed by atoms with van der Waals surface area (Å²) in [5.74, 6) is 0.948. The summed E-state index contributed by atoms with van der Waals surface area (Å²) in [7, 11) is -1.72. The molecule has 8 heteroatoms. The fourth-order valence-electron chi connectivity index (χ4n) is 3.77. The van der Waals surface area contributed by atoms with Gasteiger partial charge in [0.15, 0.2) is 0 Å². The average Bonchev–Trinajstić information content (AvgIpc) is 3.05. The lowest BCUT2D eigenvalue weighted by molar-refractivity contribution is 0.183. The van der Waals surface area contributed by atoms with Crippen LogP contribution in [0.4, 0.5) is 10.5 Å². The van der Waals surface area contributed by atoms with Crippen molar-refractivity contribution < 1.29 is 17.9 Å². The van der Waals surface area contributed by atoms with E-state index in [1.807, 2.05) is 25.1 Å². The van der Waals surface area contributed by atoms with Gasteiger partial charge in [0.2, 0.25) is 10.0 Å². The Morgan fingerprint density at radius 1 is 1.33 bits per heavy atom. The number of aryl methyl sites for hydroxylation is 1. The van der Waals surface area contributed by atoms with Crippen molar-refractivity contribution in [3.05, 3.63) is 23.8 Å². The number of piperidine rings is 1. The second-order valence-electron chi connectivity index (χ2n) is 6.69. The Balaban J connectivity index is 1.73. The molecular formula is C16H23N3O4S. The van der Waals surface area contributed by atoms with Gasteiger partial charge in [-0.2, -0.15) is 0 Å². The number of likely N-dealkylation sites (tertiary alicyclic amines) is 1. The average molecular weight is 353 g/mol. The molecule has 24 heavy (non-hydrogen) atoms. The van der Waals surface area contributed by atoms with E-state index in [1.54, 1.807) is 12.0 Å². The summed E-state index contributed by atoms with van der Waals surface area (Å²) in [6.45, 7) is 2.60. The summed E-state index contributed by atoms with van der Waals surface area (Å²) in [5.41, 5.74) is 1.64. The topological polar surface area (TPSA) is 87.7 Å². The summed E-state index contributed by atoms with van der Waals surface area (Å²) in [6, 6.07) is 5.07. The molecular weight excluding hydrogens is 330 g/mol. The maximum Gasteiger partial charge on any atom is 0.322 e. The number of carbonyl (C=O) groups is 1. The third-order valence-corrected chi connectivity index (χ3v) is 5.44. The number of nitrogens with zero attached hydrogens (tertiary/aromatic N) is 1. The Kier molecular flexibility index (Phi) is 4.44. The quantitative estimate of drug-likeness (QED) is 0.860. The lowest BCUT2D eigenvalue weighted by Crippen LogP contribution is -2.52. The van der Waals surface area contributed by atoms with Gasteiger partial charge in [0, 0.05) is 12.6 Å². The molecule has 1 aromatic rings. The minimum absolute atomic E-state index is 0.0967. The SMILES string of the molecule is COc1ccc(C)cc1NC(=O)N1C[C@@H]2C[C@H](NS(C)(=O)=O)[C@H]1C2. The number of amides is 2. The standard InChI is InChI=1S/C16H23N3O4S/c1-10-4-5-15(23-2)13(6-10)17-16(20)19-9-11-7-12(14(19)8-11)18-24(3,21)22/h4-6,11-12,14,18H,7-9H2,1-3H3,(H,17,20)/t11-,12+,14-/m1/s1. The molecule has 2 fully saturated rings. The number of benzene rings is 1. The fourth-order valence-corrected chi connectivity index (χ4v) is 4.57. The Morgan fingerprint density at radius 2 is 2.08 bits per heavy atom. The zero-order valence-corrected chi connectivity index (χ0v) is 14.9. The van der Waals surface area contributed by atoms with Gasteiger partial charge in [0.25, 0.3) is 0 Å². The minimum atomic E-state index is -3.28. The molecule has 3 atom stereocenters. The van der Waals surface area contributed by atoms with Crippen molar-refractivity contribution in [1.29, 1.82) is 0 Å². The second kappa shape index (κ2) is 6.25. The first-order valence-corrected chi connectivity index (χ1v) is 9.85. The number of urea groups is 1. The molecule has 0 aromatic heterocycles. The molecule has 0 unspecified atom stereocenters. The number of rotatable bonds is 4. The molecule has 1 aromatic carbocycles. The summed E-state index contributed by atoms with van der Waals surface area (Å²) in [6.07, 6.45) is 2.78. The number of ether oxygens (including phenoxy) is 1.